The van der Waals surface area contributed by atoms with E-state index in [9.17, 15) is 18.4 Å². The lowest BCUT2D eigenvalue weighted by Crippen LogP contribution is -2.38. The van der Waals surface area contributed by atoms with Gasteiger partial charge in [-0.25, -0.2) is 8.78 Å². The number of hydrogen-bond acceptors (Lipinski definition) is 3. The van der Waals surface area contributed by atoms with Gasteiger partial charge in [-0.1, -0.05) is 36.4 Å². The lowest BCUT2D eigenvalue weighted by Gasteiger charge is -2.25. The third-order valence-corrected chi connectivity index (χ3v) is 3.87. The average Bonchev–Trinajstić information content (AvgIpc) is 2.58. The lowest BCUT2D eigenvalue weighted by molar-refractivity contribution is -0.158. The standard InChI is InChI=1S/C19H19F2NO3/c1-12(17(23)22-16-14(20)10-7-11-15(16)21)25-18(24)19(2,3)13-8-5-4-6-9-13/h4-12H,1-3H3,(H,22,23)/t12-/m1/s1. The van der Waals surface area contributed by atoms with Crippen molar-refractivity contribution in [1.29, 1.82) is 0 Å². The molecule has 4 nitrogen and oxygen atoms in total. The van der Waals surface area contributed by atoms with Gasteiger partial charge in [0.1, 0.15) is 17.3 Å². The van der Waals surface area contributed by atoms with Crippen LogP contribution in [0.1, 0.15) is 26.3 Å². The molecule has 0 unspecified atom stereocenters. The Morgan fingerprint density at radius 1 is 1.00 bits per heavy atom. The lowest BCUT2D eigenvalue weighted by atomic mass is 9.85. The van der Waals surface area contributed by atoms with E-state index >= 15 is 0 Å². The Morgan fingerprint density at radius 2 is 1.56 bits per heavy atom. The Hall–Kier alpha value is -2.76. The Morgan fingerprint density at radius 3 is 2.12 bits per heavy atom. The second kappa shape index (κ2) is 7.42. The molecule has 1 amide bonds. The molecule has 1 atom stereocenters. The van der Waals surface area contributed by atoms with Gasteiger partial charge in [-0.3, -0.25) is 9.59 Å². The molecule has 0 spiro atoms. The zero-order valence-electron chi connectivity index (χ0n) is 14.2. The first-order valence-electron chi connectivity index (χ1n) is 7.75. The summed E-state index contributed by atoms with van der Waals surface area (Å²) in [5.41, 5.74) is -0.815. The van der Waals surface area contributed by atoms with E-state index in [1.54, 1.807) is 38.1 Å². The fraction of sp³-hybridized carbons (Fsp3) is 0.263. The van der Waals surface area contributed by atoms with Gasteiger partial charge in [-0.2, -0.15) is 0 Å². The van der Waals surface area contributed by atoms with Crippen LogP contribution in [0.5, 0.6) is 0 Å². The molecule has 0 aliphatic carbocycles. The number of ether oxygens (including phenoxy) is 1. The second-order valence-electron chi connectivity index (χ2n) is 6.12. The zero-order chi connectivity index (χ0) is 18.6. The van der Waals surface area contributed by atoms with Crippen LogP contribution >= 0.6 is 0 Å². The van der Waals surface area contributed by atoms with Crippen LogP contribution in [0.15, 0.2) is 48.5 Å². The minimum absolute atomic E-state index is 0.572. The number of rotatable bonds is 5. The highest BCUT2D eigenvalue weighted by Crippen LogP contribution is 2.25. The highest BCUT2D eigenvalue weighted by molar-refractivity contribution is 5.96. The first kappa shape index (κ1) is 18.6. The topological polar surface area (TPSA) is 55.4 Å². The number of amides is 1. The van der Waals surface area contributed by atoms with Crippen molar-refractivity contribution in [2.24, 2.45) is 0 Å². The predicted molar refractivity (Wildman–Crippen MR) is 90.0 cm³/mol. The summed E-state index contributed by atoms with van der Waals surface area (Å²) < 4.78 is 32.4. The van der Waals surface area contributed by atoms with Gasteiger partial charge in [-0.05, 0) is 38.5 Å². The fourth-order valence-corrected chi connectivity index (χ4v) is 2.18. The quantitative estimate of drug-likeness (QED) is 0.837. The molecule has 0 aromatic heterocycles. The monoisotopic (exact) mass is 347 g/mol. The van der Waals surface area contributed by atoms with Crippen molar-refractivity contribution in [2.75, 3.05) is 5.32 Å². The number of anilines is 1. The van der Waals surface area contributed by atoms with E-state index < -0.39 is 40.7 Å². The summed E-state index contributed by atoms with van der Waals surface area (Å²) in [5.74, 6) is -3.25. The fourth-order valence-electron chi connectivity index (χ4n) is 2.18. The van der Waals surface area contributed by atoms with Crippen LogP contribution in [0.3, 0.4) is 0 Å². The van der Waals surface area contributed by atoms with Gasteiger partial charge >= 0.3 is 5.97 Å². The summed E-state index contributed by atoms with van der Waals surface area (Å²) in [5, 5.41) is 2.11. The van der Waals surface area contributed by atoms with E-state index in [2.05, 4.69) is 5.32 Å². The highest BCUT2D eigenvalue weighted by Gasteiger charge is 2.34. The maximum atomic E-state index is 13.6. The van der Waals surface area contributed by atoms with Crippen LogP contribution in [0.25, 0.3) is 0 Å². The molecule has 0 heterocycles. The Labute approximate surface area is 144 Å². The first-order chi connectivity index (χ1) is 11.7. The largest absolute Gasteiger partial charge is 0.452 e. The molecule has 132 valence electrons. The SMILES string of the molecule is C[C@@H](OC(=O)C(C)(C)c1ccccc1)C(=O)Nc1c(F)cccc1F. The minimum Gasteiger partial charge on any atom is -0.452 e. The van der Waals surface area contributed by atoms with E-state index in [0.29, 0.717) is 0 Å². The number of carbonyl (C=O) groups is 2. The van der Waals surface area contributed by atoms with Gasteiger partial charge in [0.15, 0.2) is 6.10 Å². The molecule has 0 radical (unpaired) electrons. The molecule has 0 saturated heterocycles. The summed E-state index contributed by atoms with van der Waals surface area (Å²) in [6.45, 7) is 4.69. The normalized spacial score (nSPS) is 12.4. The van der Waals surface area contributed by atoms with E-state index in [4.69, 9.17) is 4.74 Å². The molecule has 0 aliphatic rings. The number of benzene rings is 2. The molecule has 2 aromatic carbocycles. The summed E-state index contributed by atoms with van der Waals surface area (Å²) in [6, 6.07) is 12.2. The van der Waals surface area contributed by atoms with Gasteiger partial charge in [-0.15, -0.1) is 0 Å². The van der Waals surface area contributed by atoms with Crippen molar-refractivity contribution in [3.8, 4) is 0 Å². The number of esters is 1. The van der Waals surface area contributed by atoms with Crippen LogP contribution in [0, 0.1) is 11.6 Å². The summed E-state index contributed by atoms with van der Waals surface area (Å²) in [4.78, 5) is 24.5. The van der Waals surface area contributed by atoms with Gasteiger partial charge in [0, 0.05) is 0 Å². The summed E-state index contributed by atoms with van der Waals surface area (Å²) in [6.07, 6.45) is -1.21. The summed E-state index contributed by atoms with van der Waals surface area (Å²) >= 11 is 0. The average molecular weight is 347 g/mol. The zero-order valence-corrected chi connectivity index (χ0v) is 14.2. The molecular formula is C19H19F2NO3. The Bertz CT molecular complexity index is 755. The first-order valence-corrected chi connectivity index (χ1v) is 7.75. The summed E-state index contributed by atoms with van der Waals surface area (Å²) in [7, 11) is 0. The number of para-hydroxylation sites is 1. The van der Waals surface area contributed by atoms with Crippen LogP contribution in [-0.2, 0) is 19.7 Å². The molecular weight excluding hydrogens is 328 g/mol. The van der Waals surface area contributed by atoms with Gasteiger partial charge in [0.25, 0.3) is 5.91 Å². The van der Waals surface area contributed by atoms with Gasteiger partial charge in [0.2, 0.25) is 0 Å². The van der Waals surface area contributed by atoms with E-state index in [1.165, 1.54) is 13.0 Å². The van der Waals surface area contributed by atoms with Crippen molar-refractivity contribution in [3.63, 3.8) is 0 Å². The number of carbonyl (C=O) groups excluding carboxylic acids is 2. The van der Waals surface area contributed by atoms with Crippen LogP contribution in [0.4, 0.5) is 14.5 Å². The molecule has 2 rings (SSSR count). The molecule has 0 bridgehead atoms. The van der Waals surface area contributed by atoms with Crippen molar-refractivity contribution >= 4 is 17.6 Å². The van der Waals surface area contributed by atoms with Crippen molar-refractivity contribution in [3.05, 3.63) is 65.7 Å². The Balaban J connectivity index is 2.07. The maximum absolute atomic E-state index is 13.6. The molecule has 0 fully saturated rings. The number of hydrogen-bond donors (Lipinski definition) is 1. The predicted octanol–water partition coefficient (Wildman–Crippen LogP) is 3.81. The molecule has 0 saturated carbocycles. The maximum Gasteiger partial charge on any atom is 0.316 e. The third kappa shape index (κ3) is 4.21. The van der Waals surface area contributed by atoms with E-state index in [0.717, 1.165) is 17.7 Å². The molecule has 0 aliphatic heterocycles. The second-order valence-corrected chi connectivity index (χ2v) is 6.12. The van der Waals surface area contributed by atoms with Gasteiger partial charge < -0.3 is 10.1 Å². The smallest absolute Gasteiger partial charge is 0.316 e. The van der Waals surface area contributed by atoms with Crippen molar-refractivity contribution in [2.45, 2.75) is 32.3 Å². The Kier molecular flexibility index (Phi) is 5.51. The molecule has 2 aromatic rings. The number of halogens is 2. The van der Waals surface area contributed by atoms with Gasteiger partial charge in [0.05, 0.1) is 5.41 Å². The van der Waals surface area contributed by atoms with E-state index in [1.807, 2.05) is 6.07 Å². The van der Waals surface area contributed by atoms with Crippen molar-refractivity contribution < 1.29 is 23.1 Å². The van der Waals surface area contributed by atoms with Crippen LogP contribution in [-0.4, -0.2) is 18.0 Å². The number of nitrogens with one attached hydrogen (secondary N) is 1. The van der Waals surface area contributed by atoms with Crippen LogP contribution in [0.2, 0.25) is 0 Å². The minimum atomic E-state index is -1.21. The highest BCUT2D eigenvalue weighted by atomic mass is 19.1. The molecule has 25 heavy (non-hydrogen) atoms. The van der Waals surface area contributed by atoms with E-state index in [-0.39, 0.29) is 0 Å². The molecule has 1 N–H and O–H groups in total. The molecule has 6 heteroatoms. The van der Waals surface area contributed by atoms with Crippen molar-refractivity contribution in [1.82, 2.24) is 0 Å². The third-order valence-electron chi connectivity index (χ3n) is 3.87. The van der Waals surface area contributed by atoms with Crippen LogP contribution < -0.4 is 5.32 Å².